The van der Waals surface area contributed by atoms with Gasteiger partial charge in [0.2, 0.25) is 0 Å². The lowest BCUT2D eigenvalue weighted by molar-refractivity contribution is -0.195. The molecule has 0 radical (unpaired) electrons. The first kappa shape index (κ1) is 19.5. The lowest BCUT2D eigenvalue weighted by atomic mass is 9.76. The van der Waals surface area contributed by atoms with E-state index in [0.29, 0.717) is 19.6 Å². The summed E-state index contributed by atoms with van der Waals surface area (Å²) in [5, 5.41) is 2.88. The minimum Gasteiger partial charge on any atom is -0.445 e. The fourth-order valence-corrected chi connectivity index (χ4v) is 5.08. The first-order valence-corrected chi connectivity index (χ1v) is 10.3. The summed E-state index contributed by atoms with van der Waals surface area (Å²) in [5.74, 6) is -1.93. The van der Waals surface area contributed by atoms with Crippen molar-refractivity contribution in [2.24, 2.45) is 11.8 Å². The molecule has 158 valence electrons. The SMILES string of the molecule is O=C(N[C@H]1CC2(OCCO2)[C@@H]2C[C@@H]2[C@@H]1c1cc(F)ccc1F)OCc1ccccc1. The highest BCUT2D eigenvalue weighted by Gasteiger charge is 2.65. The zero-order valence-corrected chi connectivity index (χ0v) is 16.4. The van der Waals surface area contributed by atoms with E-state index in [4.69, 9.17) is 14.2 Å². The van der Waals surface area contributed by atoms with Gasteiger partial charge in [0.25, 0.3) is 0 Å². The van der Waals surface area contributed by atoms with Gasteiger partial charge in [-0.25, -0.2) is 13.6 Å². The van der Waals surface area contributed by atoms with Crippen molar-refractivity contribution < 1.29 is 27.8 Å². The Morgan fingerprint density at radius 1 is 1.13 bits per heavy atom. The maximum atomic E-state index is 14.6. The average Bonchev–Trinajstić information content (AvgIpc) is 3.42. The predicted octanol–water partition coefficient (Wildman–Crippen LogP) is 4.13. The highest BCUT2D eigenvalue weighted by Crippen LogP contribution is 2.63. The predicted molar refractivity (Wildman–Crippen MR) is 103 cm³/mol. The van der Waals surface area contributed by atoms with Crippen molar-refractivity contribution in [2.45, 2.75) is 37.2 Å². The zero-order chi connectivity index (χ0) is 20.7. The Labute approximate surface area is 173 Å². The Morgan fingerprint density at radius 3 is 2.67 bits per heavy atom. The van der Waals surface area contributed by atoms with Crippen LogP contribution in [0.4, 0.5) is 13.6 Å². The van der Waals surface area contributed by atoms with Gasteiger partial charge in [0.05, 0.1) is 13.2 Å². The third kappa shape index (κ3) is 3.56. The van der Waals surface area contributed by atoms with Crippen molar-refractivity contribution in [3.63, 3.8) is 0 Å². The van der Waals surface area contributed by atoms with Crippen molar-refractivity contribution in [2.75, 3.05) is 13.2 Å². The maximum Gasteiger partial charge on any atom is 0.407 e. The number of alkyl carbamates (subject to hydrolysis) is 1. The molecule has 30 heavy (non-hydrogen) atoms. The maximum absolute atomic E-state index is 14.6. The molecule has 2 aromatic carbocycles. The molecule has 2 aromatic rings. The third-order valence-corrected chi connectivity index (χ3v) is 6.41. The first-order valence-electron chi connectivity index (χ1n) is 10.3. The topological polar surface area (TPSA) is 56.8 Å². The molecule has 2 saturated carbocycles. The van der Waals surface area contributed by atoms with Gasteiger partial charge >= 0.3 is 6.09 Å². The average molecular weight is 415 g/mol. The van der Waals surface area contributed by atoms with Gasteiger partial charge in [-0.2, -0.15) is 0 Å². The molecule has 1 saturated heterocycles. The molecule has 1 amide bonds. The summed E-state index contributed by atoms with van der Waals surface area (Å²) in [4.78, 5) is 12.6. The van der Waals surface area contributed by atoms with E-state index in [9.17, 15) is 13.6 Å². The van der Waals surface area contributed by atoms with Crippen molar-refractivity contribution in [3.8, 4) is 0 Å². The minimum atomic E-state index is -0.762. The van der Waals surface area contributed by atoms with Gasteiger partial charge in [-0.1, -0.05) is 30.3 Å². The van der Waals surface area contributed by atoms with Gasteiger partial charge in [-0.05, 0) is 41.7 Å². The number of hydrogen-bond donors (Lipinski definition) is 1. The first-order chi connectivity index (χ1) is 14.6. The third-order valence-electron chi connectivity index (χ3n) is 6.41. The molecule has 2 aliphatic carbocycles. The highest BCUT2D eigenvalue weighted by molar-refractivity contribution is 5.68. The summed E-state index contributed by atoms with van der Waals surface area (Å²) in [7, 11) is 0. The molecule has 0 bridgehead atoms. The second kappa shape index (κ2) is 7.63. The largest absolute Gasteiger partial charge is 0.445 e. The van der Waals surface area contributed by atoms with E-state index in [1.807, 2.05) is 30.3 Å². The summed E-state index contributed by atoms with van der Waals surface area (Å²) in [6, 6.07) is 12.3. The van der Waals surface area contributed by atoms with Crippen molar-refractivity contribution in [1.82, 2.24) is 5.32 Å². The Kier molecular flexibility index (Phi) is 4.95. The molecular formula is C23H23F2NO4. The Hall–Kier alpha value is -2.51. The van der Waals surface area contributed by atoms with Gasteiger partial charge in [-0.3, -0.25) is 0 Å². The lowest BCUT2D eigenvalue weighted by Crippen LogP contribution is -2.51. The molecule has 1 heterocycles. The molecule has 4 atom stereocenters. The molecule has 0 aromatic heterocycles. The van der Waals surface area contributed by atoms with Crippen molar-refractivity contribution in [3.05, 3.63) is 71.3 Å². The molecule has 5 rings (SSSR count). The molecule has 1 spiro atoms. The molecule has 7 heteroatoms. The van der Waals surface area contributed by atoms with Gasteiger partial charge in [-0.15, -0.1) is 0 Å². The van der Waals surface area contributed by atoms with E-state index in [-0.39, 0.29) is 29.9 Å². The van der Waals surface area contributed by atoms with Crippen LogP contribution in [0.1, 0.15) is 29.9 Å². The van der Waals surface area contributed by atoms with Crippen LogP contribution in [-0.4, -0.2) is 31.1 Å². The number of amides is 1. The van der Waals surface area contributed by atoms with E-state index in [0.717, 1.165) is 24.1 Å². The van der Waals surface area contributed by atoms with E-state index in [2.05, 4.69) is 5.32 Å². The molecular weight excluding hydrogens is 392 g/mol. The smallest absolute Gasteiger partial charge is 0.407 e. The molecule has 3 fully saturated rings. The second-order valence-corrected chi connectivity index (χ2v) is 8.22. The normalized spacial score (nSPS) is 28.7. The van der Waals surface area contributed by atoms with Crippen molar-refractivity contribution in [1.29, 1.82) is 0 Å². The summed E-state index contributed by atoms with van der Waals surface area (Å²) >= 11 is 0. The Balaban J connectivity index is 1.37. The number of carbonyl (C=O) groups excluding carboxylic acids is 1. The number of nitrogens with one attached hydrogen (secondary N) is 1. The molecule has 5 nitrogen and oxygen atoms in total. The van der Waals surface area contributed by atoms with Gasteiger partial charge in [0, 0.05) is 24.3 Å². The van der Waals surface area contributed by atoms with Crippen molar-refractivity contribution >= 4 is 6.09 Å². The lowest BCUT2D eigenvalue weighted by Gasteiger charge is -2.41. The minimum absolute atomic E-state index is 0.0487. The fraction of sp³-hybridized carbons (Fsp3) is 0.435. The highest BCUT2D eigenvalue weighted by atomic mass is 19.1. The van der Waals surface area contributed by atoms with Crippen LogP contribution < -0.4 is 5.32 Å². The number of hydrogen-bond acceptors (Lipinski definition) is 4. The monoisotopic (exact) mass is 415 g/mol. The van der Waals surface area contributed by atoms with E-state index < -0.39 is 29.6 Å². The number of benzene rings is 2. The quantitative estimate of drug-likeness (QED) is 0.816. The Bertz CT molecular complexity index is 932. The van der Waals surface area contributed by atoms with Gasteiger partial charge in [0.1, 0.15) is 18.2 Å². The number of halogens is 2. The number of carbonyl (C=O) groups is 1. The van der Waals surface area contributed by atoms with Crippen LogP contribution in [0.25, 0.3) is 0 Å². The van der Waals surface area contributed by atoms with Crippen LogP contribution in [0.15, 0.2) is 48.5 Å². The van der Waals surface area contributed by atoms with Crippen LogP contribution in [0.2, 0.25) is 0 Å². The number of rotatable bonds is 4. The molecule has 3 aliphatic rings. The van der Waals surface area contributed by atoms with Crippen LogP contribution in [0.3, 0.4) is 0 Å². The van der Waals surface area contributed by atoms with E-state index in [1.165, 1.54) is 6.07 Å². The second-order valence-electron chi connectivity index (χ2n) is 8.22. The number of fused-ring (bicyclic) bond motifs is 2. The standard InChI is InChI=1S/C23H23F2NO4/c24-15-6-7-19(25)17(10-15)21-16-11-18(16)23(29-8-9-30-23)12-20(21)26-22(27)28-13-14-4-2-1-3-5-14/h1-7,10,16,18,20-21H,8-9,11-13H2,(H,26,27)/t16-,18+,20-,21+/m0/s1. The van der Waals surface area contributed by atoms with E-state index >= 15 is 0 Å². The van der Waals surface area contributed by atoms with Gasteiger partial charge < -0.3 is 19.5 Å². The summed E-state index contributed by atoms with van der Waals surface area (Å²) in [5.41, 5.74) is 1.15. The Morgan fingerprint density at radius 2 is 1.90 bits per heavy atom. The summed E-state index contributed by atoms with van der Waals surface area (Å²) in [6.45, 7) is 1.11. The number of ether oxygens (including phenoxy) is 3. The summed E-state index contributed by atoms with van der Waals surface area (Å²) in [6.07, 6.45) is 0.561. The molecule has 1 N–H and O–H groups in total. The van der Waals surface area contributed by atoms with Crippen LogP contribution in [-0.2, 0) is 20.8 Å². The summed E-state index contributed by atoms with van der Waals surface area (Å²) < 4.78 is 45.8. The van der Waals surface area contributed by atoms with Crippen LogP contribution in [0.5, 0.6) is 0 Å². The van der Waals surface area contributed by atoms with Crippen LogP contribution >= 0.6 is 0 Å². The van der Waals surface area contributed by atoms with Crippen LogP contribution in [0, 0.1) is 23.5 Å². The molecule has 0 unspecified atom stereocenters. The van der Waals surface area contributed by atoms with E-state index in [1.54, 1.807) is 0 Å². The van der Waals surface area contributed by atoms with Gasteiger partial charge in [0.15, 0.2) is 5.79 Å². The molecule has 1 aliphatic heterocycles. The zero-order valence-electron chi connectivity index (χ0n) is 16.4. The fourth-order valence-electron chi connectivity index (χ4n) is 5.08.